The summed E-state index contributed by atoms with van der Waals surface area (Å²) in [7, 11) is -1.76. The van der Waals surface area contributed by atoms with Crippen LogP contribution in [0.1, 0.15) is 44.0 Å². The standard InChI is InChI=1S/C15H24N2O3S/c1-5-6-11-17(4)15(18)13-7-9-14(10-8-13)21(19,20)16-12(2)3/h7-10,12,16H,5-6,11H2,1-4H3. The van der Waals surface area contributed by atoms with Crippen molar-refractivity contribution in [2.24, 2.45) is 0 Å². The molecule has 0 radical (unpaired) electrons. The molecule has 0 unspecified atom stereocenters. The van der Waals surface area contributed by atoms with E-state index in [-0.39, 0.29) is 16.8 Å². The highest BCUT2D eigenvalue weighted by Crippen LogP contribution is 2.12. The Labute approximate surface area is 127 Å². The van der Waals surface area contributed by atoms with Crippen LogP contribution in [-0.4, -0.2) is 38.9 Å². The van der Waals surface area contributed by atoms with Crippen molar-refractivity contribution in [2.45, 2.75) is 44.6 Å². The zero-order chi connectivity index (χ0) is 16.0. The lowest BCUT2D eigenvalue weighted by Gasteiger charge is -2.17. The lowest BCUT2D eigenvalue weighted by Crippen LogP contribution is -2.30. The molecular formula is C15H24N2O3S. The van der Waals surface area contributed by atoms with E-state index in [1.54, 1.807) is 37.9 Å². The predicted molar refractivity (Wildman–Crippen MR) is 83.8 cm³/mol. The van der Waals surface area contributed by atoms with E-state index in [1.165, 1.54) is 12.1 Å². The number of amides is 1. The molecule has 1 amide bonds. The second-order valence-electron chi connectivity index (χ2n) is 5.38. The molecule has 0 saturated carbocycles. The summed E-state index contributed by atoms with van der Waals surface area (Å²) >= 11 is 0. The average molecular weight is 312 g/mol. The summed E-state index contributed by atoms with van der Waals surface area (Å²) < 4.78 is 26.5. The Morgan fingerprint density at radius 2 is 1.81 bits per heavy atom. The highest BCUT2D eigenvalue weighted by molar-refractivity contribution is 7.89. The molecule has 0 fully saturated rings. The zero-order valence-corrected chi connectivity index (χ0v) is 13.9. The third kappa shape index (κ3) is 5.13. The molecular weight excluding hydrogens is 288 g/mol. The van der Waals surface area contributed by atoms with Gasteiger partial charge in [0.25, 0.3) is 5.91 Å². The molecule has 1 rings (SSSR count). The number of hydrogen-bond acceptors (Lipinski definition) is 3. The van der Waals surface area contributed by atoms with Gasteiger partial charge in [0, 0.05) is 25.2 Å². The summed E-state index contributed by atoms with van der Waals surface area (Å²) in [5.41, 5.74) is 0.497. The molecule has 21 heavy (non-hydrogen) atoms. The van der Waals surface area contributed by atoms with Crippen molar-refractivity contribution in [2.75, 3.05) is 13.6 Å². The number of carbonyl (C=O) groups excluding carboxylic acids is 1. The Hall–Kier alpha value is -1.40. The van der Waals surface area contributed by atoms with Crippen molar-refractivity contribution in [1.29, 1.82) is 0 Å². The SMILES string of the molecule is CCCCN(C)C(=O)c1ccc(S(=O)(=O)NC(C)C)cc1. The molecule has 0 aliphatic carbocycles. The summed E-state index contributed by atoms with van der Waals surface area (Å²) in [4.78, 5) is 14.0. The summed E-state index contributed by atoms with van der Waals surface area (Å²) in [5, 5.41) is 0. The highest BCUT2D eigenvalue weighted by Gasteiger charge is 2.17. The quantitative estimate of drug-likeness (QED) is 0.839. The fourth-order valence-corrected chi connectivity index (χ4v) is 3.12. The predicted octanol–water partition coefficient (Wildman–Crippen LogP) is 2.25. The molecule has 118 valence electrons. The highest BCUT2D eigenvalue weighted by atomic mass is 32.2. The molecule has 0 heterocycles. The maximum atomic E-state index is 12.2. The van der Waals surface area contributed by atoms with Crippen LogP contribution in [0.3, 0.4) is 0 Å². The third-order valence-corrected chi connectivity index (χ3v) is 4.67. The van der Waals surface area contributed by atoms with Crippen LogP contribution < -0.4 is 4.72 Å². The summed E-state index contributed by atoms with van der Waals surface area (Å²) in [5.74, 6) is -0.0933. The van der Waals surface area contributed by atoms with E-state index in [0.717, 1.165) is 12.8 Å². The topological polar surface area (TPSA) is 66.5 Å². The number of nitrogens with zero attached hydrogens (tertiary/aromatic N) is 1. The molecule has 0 aliphatic rings. The van der Waals surface area contributed by atoms with E-state index < -0.39 is 10.0 Å². The first-order valence-electron chi connectivity index (χ1n) is 7.15. The maximum absolute atomic E-state index is 12.2. The van der Waals surface area contributed by atoms with Gasteiger partial charge >= 0.3 is 0 Å². The molecule has 0 bridgehead atoms. The second-order valence-corrected chi connectivity index (χ2v) is 7.09. The molecule has 0 saturated heterocycles. The first kappa shape index (κ1) is 17.7. The van der Waals surface area contributed by atoms with Crippen LogP contribution in [0.15, 0.2) is 29.2 Å². The average Bonchev–Trinajstić information content (AvgIpc) is 2.42. The Morgan fingerprint density at radius 3 is 2.29 bits per heavy atom. The normalized spacial score (nSPS) is 11.7. The number of rotatable bonds is 7. The van der Waals surface area contributed by atoms with Crippen LogP contribution in [0.5, 0.6) is 0 Å². The molecule has 5 nitrogen and oxygen atoms in total. The van der Waals surface area contributed by atoms with Crippen LogP contribution in [-0.2, 0) is 10.0 Å². The number of benzene rings is 1. The molecule has 0 spiro atoms. The van der Waals surface area contributed by atoms with E-state index in [1.807, 2.05) is 0 Å². The van der Waals surface area contributed by atoms with Crippen LogP contribution in [0.2, 0.25) is 0 Å². The summed E-state index contributed by atoms with van der Waals surface area (Å²) in [6.45, 7) is 6.29. The van der Waals surface area contributed by atoms with Gasteiger partial charge < -0.3 is 4.90 Å². The van der Waals surface area contributed by atoms with Gasteiger partial charge in [-0.1, -0.05) is 13.3 Å². The Balaban J connectivity index is 2.85. The van der Waals surface area contributed by atoms with Gasteiger partial charge in [-0.25, -0.2) is 13.1 Å². The van der Waals surface area contributed by atoms with Gasteiger partial charge in [-0.3, -0.25) is 4.79 Å². The first-order chi connectivity index (χ1) is 9.77. The van der Waals surface area contributed by atoms with Crippen molar-refractivity contribution in [3.63, 3.8) is 0 Å². The van der Waals surface area contributed by atoms with Gasteiger partial charge in [-0.15, -0.1) is 0 Å². The molecule has 6 heteroatoms. The summed E-state index contributed by atoms with van der Waals surface area (Å²) in [6, 6.07) is 5.87. The van der Waals surface area contributed by atoms with Gasteiger partial charge in [-0.2, -0.15) is 0 Å². The largest absolute Gasteiger partial charge is 0.342 e. The fraction of sp³-hybridized carbons (Fsp3) is 0.533. The van der Waals surface area contributed by atoms with Crippen LogP contribution >= 0.6 is 0 Å². The Kier molecular flexibility index (Phi) is 6.36. The van der Waals surface area contributed by atoms with Gasteiger partial charge in [0.1, 0.15) is 0 Å². The van der Waals surface area contributed by atoms with E-state index in [0.29, 0.717) is 12.1 Å². The Bertz CT molecular complexity index is 565. The van der Waals surface area contributed by atoms with E-state index >= 15 is 0 Å². The Morgan fingerprint density at radius 1 is 1.24 bits per heavy atom. The lowest BCUT2D eigenvalue weighted by atomic mass is 10.2. The fourth-order valence-electron chi connectivity index (χ4n) is 1.87. The smallest absolute Gasteiger partial charge is 0.253 e. The van der Waals surface area contributed by atoms with Crippen molar-refractivity contribution in [3.8, 4) is 0 Å². The van der Waals surface area contributed by atoms with Gasteiger partial charge in [-0.05, 0) is 44.5 Å². The van der Waals surface area contributed by atoms with Crippen LogP contribution in [0, 0.1) is 0 Å². The van der Waals surface area contributed by atoms with E-state index in [4.69, 9.17) is 0 Å². The molecule has 1 N–H and O–H groups in total. The van der Waals surface area contributed by atoms with Crippen molar-refractivity contribution in [3.05, 3.63) is 29.8 Å². The third-order valence-electron chi connectivity index (χ3n) is 3.00. The van der Waals surface area contributed by atoms with Crippen molar-refractivity contribution < 1.29 is 13.2 Å². The van der Waals surface area contributed by atoms with Gasteiger partial charge in [0.2, 0.25) is 10.0 Å². The molecule has 1 aromatic carbocycles. The lowest BCUT2D eigenvalue weighted by molar-refractivity contribution is 0.0793. The zero-order valence-electron chi connectivity index (χ0n) is 13.1. The number of unbranched alkanes of at least 4 members (excludes halogenated alkanes) is 1. The van der Waals surface area contributed by atoms with Crippen molar-refractivity contribution in [1.82, 2.24) is 9.62 Å². The number of nitrogens with one attached hydrogen (secondary N) is 1. The number of sulfonamides is 1. The van der Waals surface area contributed by atoms with Crippen LogP contribution in [0.25, 0.3) is 0 Å². The van der Waals surface area contributed by atoms with Crippen molar-refractivity contribution >= 4 is 15.9 Å². The summed E-state index contributed by atoms with van der Waals surface area (Å²) in [6.07, 6.45) is 1.97. The first-order valence-corrected chi connectivity index (χ1v) is 8.64. The molecule has 0 aliphatic heterocycles. The minimum Gasteiger partial charge on any atom is -0.342 e. The van der Waals surface area contributed by atoms with Gasteiger partial charge in [0.05, 0.1) is 4.90 Å². The van der Waals surface area contributed by atoms with E-state index in [9.17, 15) is 13.2 Å². The second kappa shape index (κ2) is 7.56. The number of hydrogen-bond donors (Lipinski definition) is 1. The maximum Gasteiger partial charge on any atom is 0.253 e. The van der Waals surface area contributed by atoms with Crippen LogP contribution in [0.4, 0.5) is 0 Å². The van der Waals surface area contributed by atoms with E-state index in [2.05, 4.69) is 11.6 Å². The number of carbonyl (C=O) groups is 1. The minimum absolute atomic E-state index is 0.0933. The monoisotopic (exact) mass is 312 g/mol. The molecule has 0 atom stereocenters. The minimum atomic E-state index is -3.51. The van der Waals surface area contributed by atoms with Gasteiger partial charge in [0.15, 0.2) is 0 Å². The molecule has 1 aromatic rings. The molecule has 0 aromatic heterocycles.